The Hall–Kier alpha value is -1.42. The van der Waals surface area contributed by atoms with Gasteiger partial charge in [0.05, 0.1) is 6.04 Å². The Morgan fingerprint density at radius 1 is 1.35 bits per heavy atom. The van der Waals surface area contributed by atoms with Gasteiger partial charge in [0.2, 0.25) is 5.91 Å². The molecule has 1 amide bonds. The first kappa shape index (κ1) is 13.6. The van der Waals surface area contributed by atoms with Gasteiger partial charge in [-0.25, -0.2) is 4.39 Å². The van der Waals surface area contributed by atoms with Gasteiger partial charge >= 0.3 is 0 Å². The number of nitrogens with two attached hydrogens (primary N) is 1. The van der Waals surface area contributed by atoms with Crippen LogP contribution in [0.4, 0.5) is 4.39 Å². The predicted molar refractivity (Wildman–Crippen MR) is 65.8 cm³/mol. The average Bonchev–Trinajstić information content (AvgIpc) is 2.24. The van der Waals surface area contributed by atoms with Crippen LogP contribution in [0.2, 0.25) is 0 Å². The summed E-state index contributed by atoms with van der Waals surface area (Å²) >= 11 is 0. The maximum Gasteiger partial charge on any atom is 0.234 e. The van der Waals surface area contributed by atoms with Crippen LogP contribution in [0.3, 0.4) is 0 Å². The maximum absolute atomic E-state index is 13.1. The highest BCUT2D eigenvalue weighted by molar-refractivity contribution is 5.80. The molecule has 0 spiro atoms. The van der Waals surface area contributed by atoms with E-state index in [9.17, 15) is 9.18 Å². The molecule has 0 aliphatic carbocycles. The minimum atomic E-state index is -0.409. The summed E-state index contributed by atoms with van der Waals surface area (Å²) in [4.78, 5) is 11.3. The zero-order chi connectivity index (χ0) is 13.0. The number of carbonyl (C=O) groups excluding carboxylic acids is 1. The molecule has 94 valence electrons. The summed E-state index contributed by atoms with van der Waals surface area (Å²) in [6, 6.07) is 5.79. The van der Waals surface area contributed by atoms with Gasteiger partial charge < -0.3 is 5.73 Å². The van der Waals surface area contributed by atoms with Gasteiger partial charge in [-0.1, -0.05) is 26.0 Å². The summed E-state index contributed by atoms with van der Waals surface area (Å²) in [7, 11) is 0. The van der Waals surface area contributed by atoms with Crippen molar-refractivity contribution >= 4 is 5.91 Å². The molecule has 1 aromatic carbocycles. The highest BCUT2D eigenvalue weighted by Gasteiger charge is 2.21. The van der Waals surface area contributed by atoms with Gasteiger partial charge in [0.1, 0.15) is 5.82 Å². The second-order valence-electron chi connectivity index (χ2n) is 4.57. The van der Waals surface area contributed by atoms with Gasteiger partial charge in [0.15, 0.2) is 0 Å². The van der Waals surface area contributed by atoms with Crippen molar-refractivity contribution in [1.29, 1.82) is 0 Å². The Morgan fingerprint density at radius 2 is 2.00 bits per heavy atom. The molecule has 1 rings (SSSR count). The van der Waals surface area contributed by atoms with Gasteiger partial charge in [-0.15, -0.1) is 0 Å². The van der Waals surface area contributed by atoms with Crippen LogP contribution in [0.25, 0.3) is 0 Å². The number of rotatable bonds is 5. The highest BCUT2D eigenvalue weighted by Crippen LogP contribution is 2.15. The molecule has 3 N–H and O–H groups in total. The Morgan fingerprint density at radius 3 is 2.47 bits per heavy atom. The van der Waals surface area contributed by atoms with Crippen LogP contribution >= 0.6 is 0 Å². The van der Waals surface area contributed by atoms with Crippen LogP contribution in [0.5, 0.6) is 0 Å². The van der Waals surface area contributed by atoms with E-state index in [1.165, 1.54) is 12.1 Å². The quantitative estimate of drug-likeness (QED) is 0.824. The van der Waals surface area contributed by atoms with Crippen LogP contribution in [-0.4, -0.2) is 11.9 Å². The SMILES string of the molecule is CC(NC(C(N)=O)C(C)C)c1cccc(F)c1. The highest BCUT2D eigenvalue weighted by atomic mass is 19.1. The predicted octanol–water partition coefficient (Wildman–Crippen LogP) is 1.99. The molecule has 0 heterocycles. The molecule has 0 aromatic heterocycles. The fourth-order valence-corrected chi connectivity index (χ4v) is 1.74. The van der Waals surface area contributed by atoms with E-state index in [-0.39, 0.29) is 23.7 Å². The maximum atomic E-state index is 13.1. The van der Waals surface area contributed by atoms with E-state index in [0.29, 0.717) is 0 Å². The number of amides is 1. The van der Waals surface area contributed by atoms with E-state index in [2.05, 4.69) is 5.32 Å². The number of benzene rings is 1. The molecule has 0 aliphatic heterocycles. The van der Waals surface area contributed by atoms with Gasteiger partial charge in [-0.3, -0.25) is 10.1 Å². The third-order valence-electron chi connectivity index (χ3n) is 2.75. The third kappa shape index (κ3) is 3.82. The molecular formula is C13H19FN2O. The molecule has 0 saturated heterocycles. The third-order valence-corrected chi connectivity index (χ3v) is 2.75. The van der Waals surface area contributed by atoms with E-state index >= 15 is 0 Å². The zero-order valence-corrected chi connectivity index (χ0v) is 10.4. The monoisotopic (exact) mass is 238 g/mol. The fraction of sp³-hybridized carbons (Fsp3) is 0.462. The molecule has 2 unspecified atom stereocenters. The van der Waals surface area contributed by atoms with Crippen molar-refractivity contribution in [2.75, 3.05) is 0 Å². The molecule has 2 atom stereocenters. The average molecular weight is 238 g/mol. The summed E-state index contributed by atoms with van der Waals surface area (Å²) in [5, 5.41) is 3.12. The van der Waals surface area contributed by atoms with Crippen LogP contribution in [-0.2, 0) is 4.79 Å². The normalized spacial score (nSPS) is 14.6. The van der Waals surface area contributed by atoms with Crippen LogP contribution in [0.1, 0.15) is 32.4 Å². The van der Waals surface area contributed by atoms with E-state index in [0.717, 1.165) is 5.56 Å². The van der Waals surface area contributed by atoms with Gasteiger partial charge in [0, 0.05) is 6.04 Å². The molecule has 0 radical (unpaired) electrons. The number of carbonyl (C=O) groups is 1. The second kappa shape index (κ2) is 5.77. The van der Waals surface area contributed by atoms with Gasteiger partial charge in [-0.2, -0.15) is 0 Å². The van der Waals surface area contributed by atoms with Crippen molar-refractivity contribution < 1.29 is 9.18 Å². The Balaban J connectivity index is 2.77. The summed E-state index contributed by atoms with van der Waals surface area (Å²) in [5.74, 6) is -0.567. The first-order valence-electron chi connectivity index (χ1n) is 5.72. The standard InChI is InChI=1S/C13H19FN2O/c1-8(2)12(13(15)17)16-9(3)10-5-4-6-11(14)7-10/h4-9,12,16H,1-3H3,(H2,15,17). The largest absolute Gasteiger partial charge is 0.368 e. The molecule has 4 heteroatoms. The summed E-state index contributed by atoms with van der Waals surface area (Å²) in [6.07, 6.45) is 0. The van der Waals surface area contributed by atoms with Crippen LogP contribution in [0.15, 0.2) is 24.3 Å². The Kier molecular flexibility index (Phi) is 4.63. The minimum absolute atomic E-state index is 0.100. The molecule has 3 nitrogen and oxygen atoms in total. The van der Waals surface area contributed by atoms with E-state index < -0.39 is 6.04 Å². The number of hydrogen-bond donors (Lipinski definition) is 2. The minimum Gasteiger partial charge on any atom is -0.368 e. The van der Waals surface area contributed by atoms with Crippen molar-refractivity contribution in [2.45, 2.75) is 32.9 Å². The number of hydrogen-bond acceptors (Lipinski definition) is 2. The molecule has 0 aliphatic rings. The number of halogens is 1. The summed E-state index contributed by atoms with van der Waals surface area (Å²) in [5.41, 5.74) is 6.12. The number of primary amides is 1. The van der Waals surface area contributed by atoms with Crippen molar-refractivity contribution in [3.63, 3.8) is 0 Å². The lowest BCUT2D eigenvalue weighted by Gasteiger charge is -2.24. The molecule has 0 saturated carbocycles. The zero-order valence-electron chi connectivity index (χ0n) is 10.4. The lowest BCUT2D eigenvalue weighted by Crippen LogP contribution is -2.45. The Labute approximate surface area is 101 Å². The summed E-state index contributed by atoms with van der Waals surface area (Å²) in [6.45, 7) is 5.72. The van der Waals surface area contributed by atoms with Crippen molar-refractivity contribution in [2.24, 2.45) is 11.7 Å². The van der Waals surface area contributed by atoms with Crippen molar-refractivity contribution in [1.82, 2.24) is 5.32 Å². The molecule has 1 aromatic rings. The van der Waals surface area contributed by atoms with Crippen LogP contribution < -0.4 is 11.1 Å². The molecular weight excluding hydrogens is 219 g/mol. The second-order valence-corrected chi connectivity index (χ2v) is 4.57. The van der Waals surface area contributed by atoms with E-state index in [1.54, 1.807) is 6.07 Å². The van der Waals surface area contributed by atoms with Crippen molar-refractivity contribution in [3.05, 3.63) is 35.6 Å². The lowest BCUT2D eigenvalue weighted by molar-refractivity contribution is -0.121. The summed E-state index contributed by atoms with van der Waals surface area (Å²) < 4.78 is 13.1. The number of nitrogens with one attached hydrogen (secondary N) is 1. The van der Waals surface area contributed by atoms with Crippen LogP contribution in [0, 0.1) is 11.7 Å². The van der Waals surface area contributed by atoms with E-state index in [4.69, 9.17) is 5.73 Å². The smallest absolute Gasteiger partial charge is 0.234 e. The van der Waals surface area contributed by atoms with Crippen molar-refractivity contribution in [3.8, 4) is 0 Å². The van der Waals surface area contributed by atoms with Gasteiger partial charge in [0.25, 0.3) is 0 Å². The lowest BCUT2D eigenvalue weighted by atomic mass is 10.0. The topological polar surface area (TPSA) is 55.1 Å². The van der Waals surface area contributed by atoms with E-state index in [1.807, 2.05) is 26.8 Å². The molecule has 0 bridgehead atoms. The molecule has 0 fully saturated rings. The Bertz CT molecular complexity index is 393. The molecule has 17 heavy (non-hydrogen) atoms. The first-order valence-corrected chi connectivity index (χ1v) is 5.72. The first-order chi connectivity index (χ1) is 7.91. The van der Waals surface area contributed by atoms with Gasteiger partial charge in [-0.05, 0) is 30.5 Å². The fourth-order valence-electron chi connectivity index (χ4n) is 1.74.